The second-order valence-corrected chi connectivity index (χ2v) is 17.0. The lowest BCUT2D eigenvalue weighted by Gasteiger charge is -2.61. The second-order valence-electron chi connectivity index (χ2n) is 17.0. The predicted octanol–water partition coefficient (Wildman–Crippen LogP) is 12.1. The fourth-order valence-corrected chi connectivity index (χ4v) is 11.4. The van der Waals surface area contributed by atoms with Crippen LogP contribution >= 0.6 is 0 Å². The summed E-state index contributed by atoms with van der Waals surface area (Å²) in [6, 6.07) is 0. The largest absolute Gasteiger partial charge is 0.481 e. The summed E-state index contributed by atoms with van der Waals surface area (Å²) < 4.78 is 6.12. The minimum absolute atomic E-state index is 0.0439. The maximum atomic E-state index is 12.8. The lowest BCUT2D eigenvalue weighted by molar-refractivity contribution is -0.162. The third-order valence-electron chi connectivity index (χ3n) is 14.1. The number of unbranched alkanes of at least 4 members (excludes halogenated alkanes) is 11. The molecule has 0 aromatic carbocycles. The quantitative estimate of drug-likeness (QED) is 0.0817. The number of fused-ring (bicyclic) bond motifs is 5. The molecule has 0 spiro atoms. The topological polar surface area (TPSA) is 63.6 Å². The Labute approximate surface area is 283 Å². The van der Waals surface area contributed by atoms with Crippen LogP contribution in [-0.2, 0) is 14.3 Å². The van der Waals surface area contributed by atoms with Crippen molar-refractivity contribution < 1.29 is 19.4 Å². The summed E-state index contributed by atoms with van der Waals surface area (Å²) in [4.78, 5) is 24.0. The van der Waals surface area contributed by atoms with Gasteiger partial charge < -0.3 is 9.84 Å². The average molecular weight is 641 g/mol. The van der Waals surface area contributed by atoms with Crippen molar-refractivity contribution in [3.05, 3.63) is 12.2 Å². The molecule has 0 heterocycles. The third kappa shape index (κ3) is 9.87. The molecular formula is C42H72O4. The number of hydrogen-bond acceptors (Lipinski definition) is 3. The van der Waals surface area contributed by atoms with Crippen molar-refractivity contribution in [1.29, 1.82) is 0 Å². The number of ether oxygens (including phenoxy) is 1. The van der Waals surface area contributed by atoms with E-state index in [-0.39, 0.29) is 12.1 Å². The number of carbonyl (C=O) groups excluding carboxylic acids is 1. The average Bonchev–Trinajstić information content (AvgIpc) is 3.39. The first-order valence-electron chi connectivity index (χ1n) is 20.2. The zero-order valence-electron chi connectivity index (χ0n) is 30.5. The second kappa shape index (κ2) is 18.4. The molecule has 0 aromatic rings. The zero-order chi connectivity index (χ0) is 33.0. The Morgan fingerprint density at radius 2 is 1.39 bits per heavy atom. The molecule has 264 valence electrons. The fourth-order valence-electron chi connectivity index (χ4n) is 11.4. The van der Waals surface area contributed by atoms with Crippen molar-refractivity contribution in [3.63, 3.8) is 0 Å². The Morgan fingerprint density at radius 3 is 2.09 bits per heavy atom. The lowest BCUT2D eigenvalue weighted by Crippen LogP contribution is -2.54. The van der Waals surface area contributed by atoms with Crippen molar-refractivity contribution in [2.45, 2.75) is 194 Å². The number of esters is 1. The van der Waals surface area contributed by atoms with Crippen molar-refractivity contribution in [3.8, 4) is 0 Å². The predicted molar refractivity (Wildman–Crippen MR) is 191 cm³/mol. The molecule has 4 aliphatic carbocycles. The van der Waals surface area contributed by atoms with Crippen LogP contribution in [0.2, 0.25) is 0 Å². The number of hydrogen-bond donors (Lipinski definition) is 1. The summed E-state index contributed by atoms with van der Waals surface area (Å²) in [5.74, 6) is 3.72. The van der Waals surface area contributed by atoms with Crippen LogP contribution in [0.3, 0.4) is 0 Å². The summed E-state index contributed by atoms with van der Waals surface area (Å²) in [6.45, 7) is 9.78. The van der Waals surface area contributed by atoms with Gasteiger partial charge in [-0.1, -0.05) is 91.2 Å². The monoisotopic (exact) mass is 641 g/mol. The fraction of sp³-hybridized carbons (Fsp3) is 0.905. The lowest BCUT2D eigenvalue weighted by atomic mass is 9.44. The van der Waals surface area contributed by atoms with Crippen molar-refractivity contribution in [1.82, 2.24) is 0 Å². The van der Waals surface area contributed by atoms with Gasteiger partial charge >= 0.3 is 11.9 Å². The van der Waals surface area contributed by atoms with Gasteiger partial charge in [0, 0.05) is 12.8 Å². The molecular weight excluding hydrogens is 568 g/mol. The number of aliphatic carboxylic acids is 1. The third-order valence-corrected chi connectivity index (χ3v) is 14.1. The molecule has 0 bridgehead atoms. The van der Waals surface area contributed by atoms with Gasteiger partial charge in [-0.05, 0) is 143 Å². The maximum Gasteiger partial charge on any atom is 0.306 e. The number of rotatable bonds is 20. The van der Waals surface area contributed by atoms with Crippen molar-refractivity contribution in [2.75, 3.05) is 0 Å². The molecule has 1 N–H and O–H groups in total. The maximum absolute atomic E-state index is 12.8. The van der Waals surface area contributed by atoms with Crippen LogP contribution in [0.4, 0.5) is 0 Å². The van der Waals surface area contributed by atoms with E-state index in [9.17, 15) is 14.7 Å². The van der Waals surface area contributed by atoms with Gasteiger partial charge in [0.1, 0.15) is 6.10 Å². The van der Waals surface area contributed by atoms with Crippen LogP contribution < -0.4 is 0 Å². The van der Waals surface area contributed by atoms with E-state index in [1.807, 2.05) is 0 Å². The molecule has 46 heavy (non-hydrogen) atoms. The molecule has 0 radical (unpaired) electrons. The molecule has 4 heteroatoms. The normalized spacial score (nSPS) is 34.5. The Hall–Kier alpha value is -1.32. The van der Waals surface area contributed by atoms with Crippen LogP contribution in [-0.4, -0.2) is 23.1 Å². The highest BCUT2D eigenvalue weighted by Gasteiger charge is 2.60. The van der Waals surface area contributed by atoms with Crippen LogP contribution in [0.25, 0.3) is 0 Å². The van der Waals surface area contributed by atoms with E-state index in [0.717, 1.165) is 49.9 Å². The molecule has 0 amide bonds. The van der Waals surface area contributed by atoms with E-state index in [1.54, 1.807) is 0 Å². The number of carbonyl (C=O) groups is 2. The molecule has 4 unspecified atom stereocenters. The van der Waals surface area contributed by atoms with Crippen molar-refractivity contribution >= 4 is 11.9 Å². The van der Waals surface area contributed by atoms with Crippen LogP contribution in [0.15, 0.2) is 12.2 Å². The number of carboxylic acids is 1. The summed E-state index contributed by atoms with van der Waals surface area (Å²) in [7, 11) is 0. The van der Waals surface area contributed by atoms with Gasteiger partial charge in [-0.3, -0.25) is 9.59 Å². The van der Waals surface area contributed by atoms with Crippen LogP contribution in [0.1, 0.15) is 188 Å². The summed E-state index contributed by atoms with van der Waals surface area (Å²) in [6.07, 6.45) is 34.5. The van der Waals surface area contributed by atoms with E-state index in [0.29, 0.717) is 41.4 Å². The molecule has 4 fully saturated rings. The smallest absolute Gasteiger partial charge is 0.306 e. The molecule has 4 rings (SSSR count). The van der Waals surface area contributed by atoms with Gasteiger partial charge in [0.15, 0.2) is 0 Å². The van der Waals surface area contributed by atoms with Crippen molar-refractivity contribution in [2.24, 2.45) is 46.3 Å². The first-order valence-corrected chi connectivity index (χ1v) is 20.2. The highest BCUT2D eigenvalue weighted by molar-refractivity contribution is 5.69. The summed E-state index contributed by atoms with van der Waals surface area (Å²) in [5.41, 5.74) is 0.780. The van der Waals surface area contributed by atoms with E-state index in [1.165, 1.54) is 116 Å². The van der Waals surface area contributed by atoms with E-state index < -0.39 is 5.97 Å². The van der Waals surface area contributed by atoms with Gasteiger partial charge in [0.05, 0.1) is 0 Å². The van der Waals surface area contributed by atoms with Gasteiger partial charge in [0.2, 0.25) is 0 Å². The Morgan fingerprint density at radius 1 is 0.761 bits per heavy atom. The Kier molecular flexibility index (Phi) is 15.0. The van der Waals surface area contributed by atoms with Crippen LogP contribution in [0, 0.1) is 46.3 Å². The van der Waals surface area contributed by atoms with E-state index >= 15 is 0 Å². The highest BCUT2D eigenvalue weighted by atomic mass is 16.5. The van der Waals surface area contributed by atoms with Crippen LogP contribution in [0.5, 0.6) is 0 Å². The number of carboxylic acid groups (broad SMARTS) is 1. The standard InChI is InChI=1S/C42H72O4/c1-5-6-7-8-9-10-11-12-13-14-15-16-17-18-19-20-40(45)46-34-27-29-41(3)33(31-34)22-23-35-37-25-24-36(32(2)21-26-39(43)44)42(37,4)30-28-38(35)41/h12-13,32-38H,5-11,14-31H2,1-4H3,(H,43,44)/t32-,33?,34-,35?,36-,37?,38?,41+,42-/m1/s1. The van der Waals surface area contributed by atoms with E-state index in [2.05, 4.69) is 39.8 Å². The summed E-state index contributed by atoms with van der Waals surface area (Å²) >= 11 is 0. The first-order chi connectivity index (χ1) is 22.2. The molecule has 4 aliphatic rings. The molecule has 0 aromatic heterocycles. The zero-order valence-corrected chi connectivity index (χ0v) is 30.5. The van der Waals surface area contributed by atoms with Gasteiger partial charge in [0.25, 0.3) is 0 Å². The SMILES string of the molecule is CCCCCCCCC=CCCCCCCCC(=O)O[C@@H]1CC[C@@]2(C)C(CCC3C2CC[C@@]2(C)C3CC[C@@H]2[C@H](C)CCC(=O)O)C1. The summed E-state index contributed by atoms with van der Waals surface area (Å²) in [5, 5.41) is 9.26. The molecule has 9 atom stereocenters. The van der Waals surface area contributed by atoms with Gasteiger partial charge in [-0.2, -0.15) is 0 Å². The van der Waals surface area contributed by atoms with E-state index in [4.69, 9.17) is 4.74 Å². The molecule has 0 saturated heterocycles. The van der Waals surface area contributed by atoms with Gasteiger partial charge in [-0.25, -0.2) is 0 Å². The first kappa shape index (κ1) is 37.5. The number of allylic oxidation sites excluding steroid dienone is 2. The minimum atomic E-state index is -0.647. The Balaban J connectivity index is 1.10. The molecule has 4 nitrogen and oxygen atoms in total. The Bertz CT molecular complexity index is 957. The highest BCUT2D eigenvalue weighted by Crippen LogP contribution is 2.68. The van der Waals surface area contributed by atoms with Gasteiger partial charge in [-0.15, -0.1) is 0 Å². The molecule has 4 saturated carbocycles. The minimum Gasteiger partial charge on any atom is -0.481 e. The molecule has 0 aliphatic heterocycles.